The molecule has 0 spiro atoms. The van der Waals surface area contributed by atoms with Crippen LogP contribution in [-0.2, 0) is 21.4 Å². The van der Waals surface area contributed by atoms with Gasteiger partial charge in [-0.2, -0.15) is 0 Å². The van der Waals surface area contributed by atoms with Crippen LogP contribution >= 0.6 is 0 Å². The third-order valence-electron chi connectivity index (χ3n) is 4.94. The second kappa shape index (κ2) is 9.77. The minimum atomic E-state index is -3.85. The van der Waals surface area contributed by atoms with Crippen LogP contribution in [0.5, 0.6) is 0 Å². The SMILES string of the molecule is O=C(Cn1c(-c2ccccn2)noc1=O)Nc1cccc(S(=O)(=O)NC2=NCCCCC2)c1. The molecule has 12 heteroatoms. The van der Waals surface area contributed by atoms with Crippen LogP contribution < -0.4 is 15.8 Å². The predicted molar refractivity (Wildman–Crippen MR) is 120 cm³/mol. The predicted octanol–water partition coefficient (Wildman–Crippen LogP) is 1.79. The van der Waals surface area contributed by atoms with Crippen LogP contribution in [-0.4, -0.2) is 41.4 Å². The van der Waals surface area contributed by atoms with Crippen molar-refractivity contribution in [3.8, 4) is 11.5 Å². The summed E-state index contributed by atoms with van der Waals surface area (Å²) in [5.41, 5.74) is 0.631. The minimum Gasteiger partial charge on any atom is -0.324 e. The molecule has 1 aromatic carbocycles. The van der Waals surface area contributed by atoms with Crippen LogP contribution in [0.1, 0.15) is 25.7 Å². The summed E-state index contributed by atoms with van der Waals surface area (Å²) in [5.74, 6) is -0.820. The quantitative estimate of drug-likeness (QED) is 0.558. The number of hydrogen-bond acceptors (Lipinski definition) is 8. The number of aromatic nitrogens is 3. The van der Waals surface area contributed by atoms with Crippen LogP contribution in [0, 0.1) is 0 Å². The van der Waals surface area contributed by atoms with E-state index in [1.807, 2.05) is 0 Å². The number of hydrogen-bond donors (Lipinski definition) is 2. The molecule has 0 fully saturated rings. The van der Waals surface area contributed by atoms with Gasteiger partial charge in [-0.1, -0.05) is 23.7 Å². The summed E-state index contributed by atoms with van der Waals surface area (Å²) in [6.45, 7) is 0.205. The molecule has 0 unspecified atom stereocenters. The maximum atomic E-state index is 12.8. The van der Waals surface area contributed by atoms with Gasteiger partial charge in [0.15, 0.2) is 0 Å². The van der Waals surface area contributed by atoms with E-state index in [4.69, 9.17) is 0 Å². The minimum absolute atomic E-state index is 0.0106. The van der Waals surface area contributed by atoms with Crippen molar-refractivity contribution in [1.29, 1.82) is 0 Å². The van der Waals surface area contributed by atoms with Crippen LogP contribution in [0.15, 0.2) is 67.9 Å². The number of rotatable bonds is 6. The number of amidine groups is 1. The van der Waals surface area contributed by atoms with Gasteiger partial charge in [0.25, 0.3) is 10.0 Å². The standard InChI is InChI=1S/C21H22N6O5S/c28-19(14-27-20(25-32-21(27)29)17-9-3-5-11-22-17)24-15-7-6-8-16(13-15)33(30,31)26-18-10-2-1-4-12-23-18/h3,5-9,11,13H,1-2,4,10,12,14H2,(H,23,26)(H,24,28). The molecule has 4 rings (SSSR count). The number of carbonyl (C=O) groups excluding carboxylic acids is 1. The molecule has 1 amide bonds. The van der Waals surface area contributed by atoms with Crippen molar-refractivity contribution < 1.29 is 17.7 Å². The number of aliphatic imine (C=N–C) groups is 1. The van der Waals surface area contributed by atoms with Crippen molar-refractivity contribution in [3.05, 3.63) is 59.2 Å². The summed E-state index contributed by atoms with van der Waals surface area (Å²) in [4.78, 5) is 33.0. The number of anilines is 1. The lowest BCUT2D eigenvalue weighted by Crippen LogP contribution is -2.30. The van der Waals surface area contributed by atoms with Gasteiger partial charge in [0, 0.05) is 24.8 Å². The fraction of sp³-hybridized carbons (Fsp3) is 0.286. The Morgan fingerprint density at radius 2 is 2.00 bits per heavy atom. The molecule has 0 saturated carbocycles. The number of amides is 1. The van der Waals surface area contributed by atoms with Crippen molar-refractivity contribution in [2.24, 2.45) is 4.99 Å². The molecule has 33 heavy (non-hydrogen) atoms. The van der Waals surface area contributed by atoms with Gasteiger partial charge >= 0.3 is 5.76 Å². The molecule has 172 valence electrons. The van der Waals surface area contributed by atoms with Gasteiger partial charge in [-0.05, 0) is 43.2 Å². The lowest BCUT2D eigenvalue weighted by Gasteiger charge is -2.11. The molecule has 0 radical (unpaired) electrons. The van der Waals surface area contributed by atoms with E-state index in [9.17, 15) is 18.0 Å². The van der Waals surface area contributed by atoms with Crippen LogP contribution in [0.3, 0.4) is 0 Å². The molecule has 0 aliphatic carbocycles. The Balaban J connectivity index is 1.48. The first-order valence-corrected chi connectivity index (χ1v) is 11.8. The second-order valence-electron chi connectivity index (χ2n) is 7.39. The van der Waals surface area contributed by atoms with Crippen molar-refractivity contribution in [1.82, 2.24) is 19.4 Å². The third kappa shape index (κ3) is 5.52. The summed E-state index contributed by atoms with van der Waals surface area (Å²) in [6.07, 6.45) is 4.92. The zero-order valence-electron chi connectivity index (χ0n) is 17.6. The number of nitrogens with one attached hydrogen (secondary N) is 2. The smallest absolute Gasteiger partial charge is 0.324 e. The molecule has 1 aliphatic heterocycles. The molecular weight excluding hydrogens is 448 g/mol. The van der Waals surface area contributed by atoms with Crippen LogP contribution in [0.2, 0.25) is 0 Å². The Labute approximate surface area is 189 Å². The van der Waals surface area contributed by atoms with E-state index in [0.29, 0.717) is 24.5 Å². The maximum Gasteiger partial charge on any atom is 0.442 e. The van der Waals surface area contributed by atoms with Crippen LogP contribution in [0.4, 0.5) is 5.69 Å². The molecular formula is C21H22N6O5S. The lowest BCUT2D eigenvalue weighted by atomic mass is 10.2. The van der Waals surface area contributed by atoms with Gasteiger partial charge in [-0.25, -0.2) is 17.8 Å². The van der Waals surface area contributed by atoms with Crippen molar-refractivity contribution in [3.63, 3.8) is 0 Å². The molecule has 3 aromatic rings. The number of sulfonamides is 1. The Hall–Kier alpha value is -3.80. The molecule has 2 N–H and O–H groups in total. The molecule has 11 nitrogen and oxygen atoms in total. The first-order chi connectivity index (χ1) is 15.9. The van der Waals surface area contributed by atoms with Crippen LogP contribution in [0.25, 0.3) is 11.5 Å². The van der Waals surface area contributed by atoms with Gasteiger partial charge in [0.2, 0.25) is 11.7 Å². The van der Waals surface area contributed by atoms with Gasteiger partial charge < -0.3 is 5.32 Å². The zero-order chi connectivity index (χ0) is 23.3. The normalized spacial score (nSPS) is 14.2. The number of nitrogens with zero attached hydrogens (tertiary/aromatic N) is 4. The first-order valence-electron chi connectivity index (χ1n) is 10.4. The fourth-order valence-electron chi connectivity index (χ4n) is 3.34. The largest absolute Gasteiger partial charge is 0.442 e. The summed E-state index contributed by atoms with van der Waals surface area (Å²) >= 11 is 0. The molecule has 1 aliphatic rings. The lowest BCUT2D eigenvalue weighted by molar-refractivity contribution is -0.116. The van der Waals surface area contributed by atoms with E-state index in [0.717, 1.165) is 23.8 Å². The Bertz CT molecular complexity index is 1330. The van der Waals surface area contributed by atoms with Crippen molar-refractivity contribution in [2.75, 3.05) is 11.9 Å². The average molecular weight is 471 g/mol. The molecule has 0 bridgehead atoms. The Kier molecular flexibility index (Phi) is 6.63. The highest BCUT2D eigenvalue weighted by atomic mass is 32.2. The monoisotopic (exact) mass is 470 g/mol. The van der Waals surface area contributed by atoms with E-state index in [1.165, 1.54) is 24.4 Å². The third-order valence-corrected chi connectivity index (χ3v) is 6.32. The summed E-state index contributed by atoms with van der Waals surface area (Å²) in [7, 11) is -3.85. The van der Waals surface area contributed by atoms with E-state index >= 15 is 0 Å². The maximum absolute atomic E-state index is 12.8. The first kappa shape index (κ1) is 22.4. The van der Waals surface area contributed by atoms with E-state index in [1.54, 1.807) is 24.3 Å². The van der Waals surface area contributed by atoms with Gasteiger partial charge in [0.05, 0.1) is 4.90 Å². The van der Waals surface area contributed by atoms with E-state index < -0.39 is 21.7 Å². The zero-order valence-corrected chi connectivity index (χ0v) is 18.4. The van der Waals surface area contributed by atoms with Gasteiger partial charge in [-0.3, -0.25) is 24.0 Å². The number of benzene rings is 1. The fourth-order valence-corrected chi connectivity index (χ4v) is 4.48. The highest BCUT2D eigenvalue weighted by molar-refractivity contribution is 7.90. The van der Waals surface area contributed by atoms with Gasteiger partial charge in [-0.15, -0.1) is 0 Å². The van der Waals surface area contributed by atoms with Crippen molar-refractivity contribution in [2.45, 2.75) is 37.1 Å². The molecule has 0 saturated heterocycles. The highest BCUT2D eigenvalue weighted by Gasteiger charge is 2.19. The summed E-state index contributed by atoms with van der Waals surface area (Å²) in [6, 6.07) is 10.9. The second-order valence-corrected chi connectivity index (χ2v) is 9.08. The Morgan fingerprint density at radius 1 is 1.12 bits per heavy atom. The van der Waals surface area contributed by atoms with E-state index in [2.05, 4.69) is 29.7 Å². The molecule has 3 heterocycles. The molecule has 2 aromatic heterocycles. The number of pyridine rings is 1. The van der Waals surface area contributed by atoms with Gasteiger partial charge in [0.1, 0.15) is 18.1 Å². The summed E-state index contributed by atoms with van der Waals surface area (Å²) in [5, 5.41) is 6.29. The summed E-state index contributed by atoms with van der Waals surface area (Å²) < 4.78 is 33.8. The average Bonchev–Trinajstić information content (AvgIpc) is 2.98. The highest BCUT2D eigenvalue weighted by Crippen LogP contribution is 2.17. The Morgan fingerprint density at radius 3 is 2.82 bits per heavy atom. The van der Waals surface area contributed by atoms with Crippen molar-refractivity contribution >= 4 is 27.5 Å². The topological polar surface area (TPSA) is 149 Å². The number of carbonyl (C=O) groups is 1. The van der Waals surface area contributed by atoms with E-state index in [-0.39, 0.29) is 23.0 Å². The molecule has 0 atom stereocenters.